The van der Waals surface area contributed by atoms with Crippen molar-refractivity contribution in [2.45, 2.75) is 11.5 Å². The molecule has 0 amide bonds. The zero-order valence-electron chi connectivity index (χ0n) is 13.4. The first-order chi connectivity index (χ1) is 12.6. The number of fused-ring (bicyclic) bond motifs is 1. The number of benzene rings is 1. The van der Waals surface area contributed by atoms with E-state index in [1.807, 2.05) is 0 Å². The summed E-state index contributed by atoms with van der Waals surface area (Å²) < 4.78 is 59.7. The molecule has 0 unspecified atom stereocenters. The third-order valence-electron chi connectivity index (χ3n) is 3.43. The quantitative estimate of drug-likeness (QED) is 0.597. The summed E-state index contributed by atoms with van der Waals surface area (Å²) in [4.78, 5) is 7.78. The molecule has 1 aromatic carbocycles. The van der Waals surface area contributed by atoms with E-state index in [0.29, 0.717) is 10.5 Å². The smallest absolute Gasteiger partial charge is 0.388 e. The standard InChI is InChI=1S/C14H10BrClF2N4O4S/c1-25-11-10(15)12(26-13(17)18)21-14(20-11)22-5-9(27(19,23)24)7-3-2-6(16)4-8(7)22/h2-5,13H,1H3,(H2,19,23,24). The SMILES string of the molecule is COc1nc(-n2cc(S(N)(=O)=O)c3ccc(Cl)cc32)nc(OC(F)F)c1Br. The summed E-state index contributed by atoms with van der Waals surface area (Å²) in [5.74, 6) is -0.780. The van der Waals surface area contributed by atoms with Gasteiger partial charge in [0.25, 0.3) is 0 Å². The molecular weight excluding hydrogens is 474 g/mol. The minimum absolute atomic E-state index is 0.0322. The van der Waals surface area contributed by atoms with Crippen LogP contribution in [0.3, 0.4) is 0 Å². The minimum Gasteiger partial charge on any atom is -0.480 e. The van der Waals surface area contributed by atoms with Crippen molar-refractivity contribution >= 4 is 48.5 Å². The topological polar surface area (TPSA) is 109 Å². The lowest BCUT2D eigenvalue weighted by Gasteiger charge is -2.11. The molecule has 0 atom stereocenters. The molecule has 0 fully saturated rings. The maximum atomic E-state index is 12.7. The van der Waals surface area contributed by atoms with Gasteiger partial charge in [-0.3, -0.25) is 4.57 Å². The molecule has 3 rings (SSSR count). The molecular formula is C14H10BrClF2N4O4S. The highest BCUT2D eigenvalue weighted by Gasteiger charge is 2.23. The molecule has 8 nitrogen and oxygen atoms in total. The molecule has 2 heterocycles. The van der Waals surface area contributed by atoms with Crippen LogP contribution in [-0.2, 0) is 10.0 Å². The maximum Gasteiger partial charge on any atom is 0.388 e. The van der Waals surface area contributed by atoms with Crippen LogP contribution in [0, 0.1) is 0 Å². The Morgan fingerprint density at radius 2 is 1.96 bits per heavy atom. The molecule has 0 saturated carbocycles. The van der Waals surface area contributed by atoms with Crippen LogP contribution in [0.5, 0.6) is 11.8 Å². The van der Waals surface area contributed by atoms with Gasteiger partial charge in [0.05, 0.1) is 12.6 Å². The zero-order valence-corrected chi connectivity index (χ0v) is 16.5. The number of ether oxygens (including phenoxy) is 2. The summed E-state index contributed by atoms with van der Waals surface area (Å²) in [6.45, 7) is -3.15. The van der Waals surface area contributed by atoms with E-state index in [-0.39, 0.29) is 26.6 Å². The van der Waals surface area contributed by atoms with Crippen LogP contribution in [0.2, 0.25) is 5.02 Å². The summed E-state index contributed by atoms with van der Waals surface area (Å²) >= 11 is 9.02. The molecule has 0 aliphatic rings. The Kier molecular flexibility index (Phi) is 5.25. The molecule has 3 aromatic rings. The van der Waals surface area contributed by atoms with E-state index < -0.39 is 22.5 Å². The van der Waals surface area contributed by atoms with Crippen LogP contribution >= 0.6 is 27.5 Å². The van der Waals surface area contributed by atoms with E-state index >= 15 is 0 Å². The van der Waals surface area contributed by atoms with Gasteiger partial charge in [-0.25, -0.2) is 13.6 Å². The lowest BCUT2D eigenvalue weighted by Crippen LogP contribution is -2.12. The number of nitrogens with two attached hydrogens (primary N) is 1. The average molecular weight is 484 g/mol. The van der Waals surface area contributed by atoms with Crippen molar-refractivity contribution in [1.82, 2.24) is 14.5 Å². The predicted molar refractivity (Wildman–Crippen MR) is 96.1 cm³/mol. The van der Waals surface area contributed by atoms with Gasteiger partial charge in [-0.15, -0.1) is 0 Å². The molecule has 2 aromatic heterocycles. The van der Waals surface area contributed by atoms with Gasteiger partial charge in [-0.1, -0.05) is 11.6 Å². The Balaban J connectivity index is 2.34. The molecule has 0 spiro atoms. The second-order valence-corrected chi connectivity index (χ2v) is 7.86. The fourth-order valence-corrected chi connectivity index (χ4v) is 3.69. The second kappa shape index (κ2) is 7.19. The van der Waals surface area contributed by atoms with Crippen molar-refractivity contribution in [1.29, 1.82) is 0 Å². The highest BCUT2D eigenvalue weighted by atomic mass is 79.9. The van der Waals surface area contributed by atoms with E-state index in [9.17, 15) is 17.2 Å². The normalized spacial score (nSPS) is 12.0. The molecule has 0 bridgehead atoms. The fourth-order valence-electron chi connectivity index (χ4n) is 2.36. The largest absolute Gasteiger partial charge is 0.480 e. The van der Waals surface area contributed by atoms with E-state index in [4.69, 9.17) is 21.5 Å². The van der Waals surface area contributed by atoms with E-state index in [0.717, 1.165) is 6.20 Å². The van der Waals surface area contributed by atoms with Gasteiger partial charge in [-0.05, 0) is 34.1 Å². The number of halogens is 4. The summed E-state index contributed by atoms with van der Waals surface area (Å²) in [5.41, 5.74) is 0.291. The van der Waals surface area contributed by atoms with Crippen molar-refractivity contribution in [2.75, 3.05) is 7.11 Å². The van der Waals surface area contributed by atoms with Gasteiger partial charge >= 0.3 is 6.61 Å². The van der Waals surface area contributed by atoms with Gasteiger partial charge in [-0.2, -0.15) is 18.7 Å². The van der Waals surface area contributed by atoms with Crippen LogP contribution in [0.4, 0.5) is 8.78 Å². The highest BCUT2D eigenvalue weighted by Crippen LogP contribution is 2.35. The Labute approximate surface area is 165 Å². The summed E-state index contributed by atoms with van der Waals surface area (Å²) in [5, 5.41) is 5.81. The number of sulfonamides is 1. The van der Waals surface area contributed by atoms with E-state index in [1.165, 1.54) is 29.9 Å². The molecule has 0 saturated heterocycles. The van der Waals surface area contributed by atoms with Gasteiger partial charge in [0.2, 0.25) is 27.7 Å². The third-order valence-corrected chi connectivity index (χ3v) is 5.28. The number of rotatable bonds is 5. The zero-order chi connectivity index (χ0) is 19.9. The molecule has 13 heteroatoms. The molecule has 0 aliphatic carbocycles. The predicted octanol–water partition coefficient (Wildman–Crippen LogP) is 3.09. The average Bonchev–Trinajstić information content (AvgIpc) is 2.95. The van der Waals surface area contributed by atoms with Crippen molar-refractivity contribution in [3.63, 3.8) is 0 Å². The fraction of sp³-hybridized carbons (Fsp3) is 0.143. The van der Waals surface area contributed by atoms with Gasteiger partial charge in [0, 0.05) is 16.6 Å². The number of hydrogen-bond donors (Lipinski definition) is 1. The molecule has 144 valence electrons. The Morgan fingerprint density at radius 3 is 2.56 bits per heavy atom. The lowest BCUT2D eigenvalue weighted by atomic mass is 10.2. The molecule has 27 heavy (non-hydrogen) atoms. The van der Waals surface area contributed by atoms with Gasteiger partial charge < -0.3 is 9.47 Å². The first-order valence-electron chi connectivity index (χ1n) is 7.02. The van der Waals surface area contributed by atoms with Gasteiger partial charge in [0.1, 0.15) is 9.37 Å². The Hall–Kier alpha value is -2.02. The number of methoxy groups -OCH3 is 1. The van der Waals surface area contributed by atoms with Gasteiger partial charge in [0.15, 0.2) is 0 Å². The number of alkyl halides is 2. The Bertz CT molecular complexity index is 1140. The molecule has 2 N–H and O–H groups in total. The molecule has 0 radical (unpaired) electrons. The highest BCUT2D eigenvalue weighted by molar-refractivity contribution is 9.10. The number of hydrogen-bond acceptors (Lipinski definition) is 6. The number of nitrogens with zero attached hydrogens (tertiary/aromatic N) is 3. The lowest BCUT2D eigenvalue weighted by molar-refractivity contribution is -0.0536. The first kappa shape index (κ1) is 19.7. The van der Waals surface area contributed by atoms with Crippen LogP contribution in [-0.4, -0.2) is 36.7 Å². The summed E-state index contributed by atoms with van der Waals surface area (Å²) in [6, 6.07) is 4.40. The summed E-state index contributed by atoms with van der Waals surface area (Å²) in [6.07, 6.45) is 1.16. The third kappa shape index (κ3) is 3.83. The second-order valence-electron chi connectivity index (χ2n) is 5.10. The maximum absolute atomic E-state index is 12.7. The Morgan fingerprint density at radius 1 is 1.30 bits per heavy atom. The van der Waals surface area contributed by atoms with Crippen molar-refractivity contribution in [2.24, 2.45) is 5.14 Å². The van der Waals surface area contributed by atoms with Crippen LogP contribution in [0.1, 0.15) is 0 Å². The van der Waals surface area contributed by atoms with E-state index in [2.05, 4.69) is 30.6 Å². The monoisotopic (exact) mass is 482 g/mol. The van der Waals surface area contributed by atoms with Crippen LogP contribution in [0.15, 0.2) is 33.8 Å². The number of aromatic nitrogens is 3. The van der Waals surface area contributed by atoms with Crippen molar-refractivity contribution in [3.8, 4) is 17.7 Å². The van der Waals surface area contributed by atoms with Crippen LogP contribution < -0.4 is 14.6 Å². The van der Waals surface area contributed by atoms with Crippen LogP contribution in [0.25, 0.3) is 16.9 Å². The first-order valence-corrected chi connectivity index (χ1v) is 9.73. The van der Waals surface area contributed by atoms with E-state index in [1.54, 1.807) is 0 Å². The minimum atomic E-state index is -4.09. The van der Waals surface area contributed by atoms with Crippen molar-refractivity contribution < 1.29 is 26.7 Å². The van der Waals surface area contributed by atoms with Crippen molar-refractivity contribution in [3.05, 3.63) is 33.9 Å². The number of primary sulfonamides is 1. The summed E-state index contributed by atoms with van der Waals surface area (Å²) in [7, 11) is -2.83. The molecule has 0 aliphatic heterocycles.